The molecule has 0 heterocycles. The van der Waals surface area contributed by atoms with Crippen molar-refractivity contribution in [3.63, 3.8) is 0 Å². The van der Waals surface area contributed by atoms with Crippen LogP contribution in [0.2, 0.25) is 0 Å². The van der Waals surface area contributed by atoms with E-state index in [4.69, 9.17) is 5.73 Å². The normalized spacial score (nSPS) is 20.9. The van der Waals surface area contributed by atoms with Gasteiger partial charge in [-0.25, -0.2) is 0 Å². The number of nitrogens with one attached hydrogen (secondary N) is 1. The van der Waals surface area contributed by atoms with Gasteiger partial charge in [0, 0.05) is 13.0 Å². The Morgan fingerprint density at radius 3 is 2.80 bits per heavy atom. The fourth-order valence-electron chi connectivity index (χ4n) is 2.48. The molecule has 1 fully saturated rings. The van der Waals surface area contributed by atoms with Gasteiger partial charge in [0.05, 0.1) is 11.4 Å². The molecule has 3 N–H and O–H groups in total. The Kier molecular flexibility index (Phi) is 5.01. The van der Waals surface area contributed by atoms with E-state index in [2.05, 4.69) is 24.2 Å². The molecule has 0 radical (unpaired) electrons. The van der Waals surface area contributed by atoms with Gasteiger partial charge in [-0.15, -0.1) is 0 Å². The smallest absolute Gasteiger partial charge is 0.224 e. The number of carbonyl (C=O) groups is 1. The maximum absolute atomic E-state index is 11.8. The van der Waals surface area contributed by atoms with Crippen LogP contribution in [0.4, 0.5) is 11.4 Å². The van der Waals surface area contributed by atoms with E-state index in [1.54, 1.807) is 6.07 Å². The van der Waals surface area contributed by atoms with Crippen molar-refractivity contribution < 1.29 is 4.79 Å². The first kappa shape index (κ1) is 14.9. The lowest BCUT2D eigenvalue weighted by Crippen LogP contribution is -2.24. The van der Waals surface area contributed by atoms with E-state index < -0.39 is 0 Å². The molecule has 4 nitrogen and oxygen atoms in total. The first-order valence-corrected chi connectivity index (χ1v) is 7.39. The highest BCUT2D eigenvalue weighted by atomic mass is 16.1. The minimum atomic E-state index is 0.0380. The zero-order valence-corrected chi connectivity index (χ0v) is 12.4. The molecule has 0 aromatic heterocycles. The number of carbonyl (C=O) groups excluding carboxylic acids is 1. The molecule has 1 aromatic rings. The highest BCUT2D eigenvalue weighted by molar-refractivity contribution is 5.93. The number of benzene rings is 1. The maximum Gasteiger partial charge on any atom is 0.224 e. The van der Waals surface area contributed by atoms with Gasteiger partial charge in [-0.2, -0.15) is 0 Å². The summed E-state index contributed by atoms with van der Waals surface area (Å²) < 4.78 is 0. The molecule has 1 aliphatic carbocycles. The molecule has 2 atom stereocenters. The molecule has 0 bridgehead atoms. The van der Waals surface area contributed by atoms with E-state index in [9.17, 15) is 4.79 Å². The van der Waals surface area contributed by atoms with Gasteiger partial charge in [0.15, 0.2) is 0 Å². The molecule has 0 spiro atoms. The number of hydrogen-bond acceptors (Lipinski definition) is 3. The van der Waals surface area contributed by atoms with Gasteiger partial charge in [-0.05, 0) is 50.4 Å². The Morgan fingerprint density at radius 2 is 2.15 bits per heavy atom. The SMILES string of the molecule is CC1CC1CN(C)CCCC(=O)Nc1ccccc1N. The molecular formula is C16H25N3O. The zero-order chi connectivity index (χ0) is 14.5. The fourth-order valence-corrected chi connectivity index (χ4v) is 2.48. The standard InChI is InChI=1S/C16H25N3O/c1-12-10-13(12)11-19(2)9-5-8-16(20)18-15-7-4-3-6-14(15)17/h3-4,6-7,12-13H,5,8-11,17H2,1-2H3,(H,18,20). The Balaban J connectivity index is 1.64. The molecule has 0 saturated heterocycles. The number of nitrogens with zero attached hydrogens (tertiary/aromatic N) is 1. The van der Waals surface area contributed by atoms with Crippen LogP contribution in [0.3, 0.4) is 0 Å². The average Bonchev–Trinajstić information content (AvgIpc) is 3.07. The number of anilines is 2. The number of nitrogens with two attached hydrogens (primary N) is 1. The lowest BCUT2D eigenvalue weighted by molar-refractivity contribution is -0.116. The van der Waals surface area contributed by atoms with Gasteiger partial charge in [0.25, 0.3) is 0 Å². The summed E-state index contributed by atoms with van der Waals surface area (Å²) in [7, 11) is 2.14. The number of amides is 1. The molecular weight excluding hydrogens is 250 g/mol. The quantitative estimate of drug-likeness (QED) is 0.752. The average molecular weight is 275 g/mol. The Bertz CT molecular complexity index is 461. The van der Waals surface area contributed by atoms with Crippen LogP contribution in [0.1, 0.15) is 26.2 Å². The van der Waals surface area contributed by atoms with Gasteiger partial charge in [-0.3, -0.25) is 4.79 Å². The number of rotatable bonds is 7. The summed E-state index contributed by atoms with van der Waals surface area (Å²) in [5, 5.41) is 2.86. The topological polar surface area (TPSA) is 58.4 Å². The number of para-hydroxylation sites is 2. The van der Waals surface area contributed by atoms with Crippen LogP contribution in [0.5, 0.6) is 0 Å². The van der Waals surface area contributed by atoms with E-state index in [0.29, 0.717) is 17.8 Å². The van der Waals surface area contributed by atoms with Crippen LogP contribution < -0.4 is 11.1 Å². The maximum atomic E-state index is 11.8. The predicted molar refractivity (Wildman–Crippen MR) is 83.5 cm³/mol. The van der Waals surface area contributed by atoms with Crippen molar-refractivity contribution in [3.05, 3.63) is 24.3 Å². The first-order valence-electron chi connectivity index (χ1n) is 7.39. The predicted octanol–water partition coefficient (Wildman–Crippen LogP) is 2.58. The summed E-state index contributed by atoms with van der Waals surface area (Å²) in [6.07, 6.45) is 2.78. The van der Waals surface area contributed by atoms with Crippen LogP contribution in [0, 0.1) is 11.8 Å². The van der Waals surface area contributed by atoms with Crippen molar-refractivity contribution in [3.8, 4) is 0 Å². The second-order valence-corrected chi connectivity index (χ2v) is 5.97. The lowest BCUT2D eigenvalue weighted by atomic mass is 10.2. The second-order valence-electron chi connectivity index (χ2n) is 5.97. The summed E-state index contributed by atoms with van der Waals surface area (Å²) in [6, 6.07) is 7.35. The molecule has 1 saturated carbocycles. The third-order valence-corrected chi connectivity index (χ3v) is 4.00. The summed E-state index contributed by atoms with van der Waals surface area (Å²) >= 11 is 0. The molecule has 110 valence electrons. The van der Waals surface area contributed by atoms with Crippen molar-refractivity contribution in [1.29, 1.82) is 0 Å². The highest BCUT2D eigenvalue weighted by Crippen LogP contribution is 2.37. The summed E-state index contributed by atoms with van der Waals surface area (Å²) in [5.41, 5.74) is 7.12. The second kappa shape index (κ2) is 6.75. The third kappa shape index (κ3) is 4.53. The number of nitrogen functional groups attached to an aromatic ring is 1. The van der Waals surface area contributed by atoms with Crippen LogP contribution >= 0.6 is 0 Å². The Morgan fingerprint density at radius 1 is 1.45 bits per heavy atom. The van der Waals surface area contributed by atoms with Gasteiger partial charge in [-0.1, -0.05) is 19.1 Å². The Hall–Kier alpha value is -1.55. The summed E-state index contributed by atoms with van der Waals surface area (Å²) in [6.45, 7) is 4.44. The van der Waals surface area contributed by atoms with Gasteiger partial charge in [0.2, 0.25) is 5.91 Å². The largest absolute Gasteiger partial charge is 0.397 e. The Labute approximate surface area is 121 Å². The van der Waals surface area contributed by atoms with E-state index in [0.717, 1.165) is 31.3 Å². The summed E-state index contributed by atoms with van der Waals surface area (Å²) in [4.78, 5) is 14.2. The molecule has 1 amide bonds. The minimum absolute atomic E-state index is 0.0380. The van der Waals surface area contributed by atoms with E-state index in [-0.39, 0.29) is 5.91 Å². The number of hydrogen-bond donors (Lipinski definition) is 2. The van der Waals surface area contributed by atoms with E-state index in [1.807, 2.05) is 18.2 Å². The molecule has 2 unspecified atom stereocenters. The van der Waals surface area contributed by atoms with Crippen molar-refractivity contribution in [2.24, 2.45) is 11.8 Å². The molecule has 1 aliphatic rings. The van der Waals surface area contributed by atoms with Crippen LogP contribution in [-0.2, 0) is 4.79 Å². The van der Waals surface area contributed by atoms with Crippen molar-refractivity contribution >= 4 is 17.3 Å². The first-order chi connectivity index (χ1) is 9.56. The van der Waals surface area contributed by atoms with Gasteiger partial charge in [0.1, 0.15) is 0 Å². The fraction of sp³-hybridized carbons (Fsp3) is 0.562. The van der Waals surface area contributed by atoms with E-state index in [1.165, 1.54) is 6.42 Å². The minimum Gasteiger partial charge on any atom is -0.397 e. The molecule has 20 heavy (non-hydrogen) atoms. The lowest BCUT2D eigenvalue weighted by Gasteiger charge is -2.16. The van der Waals surface area contributed by atoms with E-state index >= 15 is 0 Å². The zero-order valence-electron chi connectivity index (χ0n) is 12.4. The molecule has 1 aromatic carbocycles. The van der Waals surface area contributed by atoms with Gasteiger partial charge >= 0.3 is 0 Å². The summed E-state index contributed by atoms with van der Waals surface area (Å²) in [5.74, 6) is 1.80. The van der Waals surface area contributed by atoms with Crippen LogP contribution in [0.15, 0.2) is 24.3 Å². The van der Waals surface area contributed by atoms with Crippen molar-refractivity contribution in [2.75, 3.05) is 31.2 Å². The molecule has 2 rings (SSSR count). The molecule has 0 aliphatic heterocycles. The highest BCUT2D eigenvalue weighted by Gasteiger charge is 2.32. The monoisotopic (exact) mass is 275 g/mol. The van der Waals surface area contributed by atoms with Crippen molar-refractivity contribution in [1.82, 2.24) is 4.90 Å². The van der Waals surface area contributed by atoms with Crippen molar-refractivity contribution in [2.45, 2.75) is 26.2 Å². The van der Waals surface area contributed by atoms with Crippen LogP contribution in [-0.4, -0.2) is 30.9 Å². The van der Waals surface area contributed by atoms with Crippen LogP contribution in [0.25, 0.3) is 0 Å². The molecule has 4 heteroatoms. The van der Waals surface area contributed by atoms with Gasteiger partial charge < -0.3 is 16.0 Å². The third-order valence-electron chi connectivity index (χ3n) is 4.00.